The van der Waals surface area contributed by atoms with Crippen LogP contribution in [0, 0.1) is 0 Å². The van der Waals surface area contributed by atoms with Gasteiger partial charge < -0.3 is 14.6 Å². The van der Waals surface area contributed by atoms with Gasteiger partial charge in [-0.3, -0.25) is 0 Å². The van der Waals surface area contributed by atoms with E-state index in [9.17, 15) is 4.79 Å². The molecule has 0 spiro atoms. The van der Waals surface area contributed by atoms with Crippen LogP contribution >= 0.6 is 0 Å². The predicted octanol–water partition coefficient (Wildman–Crippen LogP) is 1.60. The first-order chi connectivity index (χ1) is 9.78. The first-order valence-corrected chi connectivity index (χ1v) is 6.51. The van der Waals surface area contributed by atoms with Crippen molar-refractivity contribution in [2.45, 2.75) is 12.3 Å². The van der Waals surface area contributed by atoms with Gasteiger partial charge in [0.05, 0.1) is 18.6 Å². The SMILES string of the molecule is COC(=O)c1ccc(-c2noc([C@@H]3CCNC3)n2)cc1. The summed E-state index contributed by atoms with van der Waals surface area (Å²) in [5.41, 5.74) is 1.32. The summed E-state index contributed by atoms with van der Waals surface area (Å²) in [5, 5.41) is 7.26. The summed E-state index contributed by atoms with van der Waals surface area (Å²) in [6.07, 6.45) is 1.02. The van der Waals surface area contributed by atoms with Crippen molar-refractivity contribution in [2.75, 3.05) is 20.2 Å². The molecule has 1 aliphatic heterocycles. The van der Waals surface area contributed by atoms with Crippen LogP contribution in [0.25, 0.3) is 11.4 Å². The number of ether oxygens (including phenoxy) is 1. The van der Waals surface area contributed by atoms with Crippen molar-refractivity contribution < 1.29 is 14.1 Å². The van der Waals surface area contributed by atoms with Gasteiger partial charge in [-0.2, -0.15) is 4.98 Å². The first kappa shape index (κ1) is 12.8. The lowest BCUT2D eigenvalue weighted by atomic mass is 10.1. The second-order valence-corrected chi connectivity index (χ2v) is 4.71. The summed E-state index contributed by atoms with van der Waals surface area (Å²) >= 11 is 0. The van der Waals surface area contributed by atoms with Gasteiger partial charge in [-0.1, -0.05) is 17.3 Å². The number of esters is 1. The zero-order chi connectivity index (χ0) is 13.9. The Bertz CT molecular complexity index is 600. The summed E-state index contributed by atoms with van der Waals surface area (Å²) in [6.45, 7) is 1.86. The van der Waals surface area contributed by atoms with Gasteiger partial charge >= 0.3 is 5.97 Å². The number of nitrogens with one attached hydrogen (secondary N) is 1. The molecule has 1 atom stereocenters. The maximum atomic E-state index is 11.4. The molecule has 6 heteroatoms. The maximum Gasteiger partial charge on any atom is 0.337 e. The Balaban J connectivity index is 1.80. The molecule has 1 aromatic carbocycles. The minimum Gasteiger partial charge on any atom is -0.465 e. The van der Waals surface area contributed by atoms with Crippen LogP contribution in [-0.2, 0) is 4.74 Å². The average molecular weight is 273 g/mol. The van der Waals surface area contributed by atoms with Gasteiger partial charge in [0.15, 0.2) is 0 Å². The van der Waals surface area contributed by atoms with Gasteiger partial charge in [-0.25, -0.2) is 4.79 Å². The quantitative estimate of drug-likeness (QED) is 0.856. The maximum absolute atomic E-state index is 11.4. The van der Waals surface area contributed by atoms with Crippen LogP contribution in [0.2, 0.25) is 0 Å². The average Bonchev–Trinajstić information content (AvgIpc) is 3.17. The summed E-state index contributed by atoms with van der Waals surface area (Å²) in [4.78, 5) is 15.8. The van der Waals surface area contributed by atoms with Crippen molar-refractivity contribution in [3.63, 3.8) is 0 Å². The topological polar surface area (TPSA) is 77.2 Å². The van der Waals surface area contributed by atoms with Crippen LogP contribution in [0.15, 0.2) is 28.8 Å². The van der Waals surface area contributed by atoms with Crippen LogP contribution < -0.4 is 5.32 Å². The fourth-order valence-corrected chi connectivity index (χ4v) is 2.26. The third-order valence-electron chi connectivity index (χ3n) is 3.42. The molecule has 2 aromatic rings. The fourth-order valence-electron chi connectivity index (χ4n) is 2.26. The number of benzene rings is 1. The highest BCUT2D eigenvalue weighted by Crippen LogP contribution is 2.24. The zero-order valence-electron chi connectivity index (χ0n) is 11.1. The molecule has 1 N–H and O–H groups in total. The smallest absolute Gasteiger partial charge is 0.337 e. The Labute approximate surface area is 116 Å². The summed E-state index contributed by atoms with van der Waals surface area (Å²) in [5.74, 6) is 1.15. The molecule has 0 saturated carbocycles. The standard InChI is InChI=1S/C14H15N3O3/c1-19-14(18)10-4-2-9(3-5-10)12-16-13(20-17-12)11-6-7-15-8-11/h2-5,11,15H,6-8H2,1H3/t11-/m1/s1. The van der Waals surface area contributed by atoms with Gasteiger partial charge in [0.2, 0.25) is 11.7 Å². The molecule has 3 rings (SSSR count). The summed E-state index contributed by atoms with van der Waals surface area (Å²) in [6, 6.07) is 6.95. The molecule has 0 aliphatic carbocycles. The first-order valence-electron chi connectivity index (χ1n) is 6.51. The lowest BCUT2D eigenvalue weighted by Crippen LogP contribution is -2.08. The highest BCUT2D eigenvalue weighted by molar-refractivity contribution is 5.89. The third-order valence-corrected chi connectivity index (χ3v) is 3.42. The molecule has 1 saturated heterocycles. The van der Waals surface area contributed by atoms with Gasteiger partial charge in [0.1, 0.15) is 0 Å². The number of rotatable bonds is 3. The van der Waals surface area contributed by atoms with Crippen molar-refractivity contribution in [3.8, 4) is 11.4 Å². The van der Waals surface area contributed by atoms with E-state index >= 15 is 0 Å². The number of carbonyl (C=O) groups excluding carboxylic acids is 1. The lowest BCUT2D eigenvalue weighted by Gasteiger charge is -2.00. The van der Waals surface area contributed by atoms with Crippen molar-refractivity contribution in [1.82, 2.24) is 15.5 Å². The van der Waals surface area contributed by atoms with E-state index in [1.165, 1.54) is 7.11 Å². The van der Waals surface area contributed by atoms with Crippen molar-refractivity contribution in [1.29, 1.82) is 0 Å². The number of carbonyl (C=O) groups is 1. The minimum atomic E-state index is -0.359. The Kier molecular flexibility index (Phi) is 3.47. The molecule has 20 heavy (non-hydrogen) atoms. The third kappa shape index (κ3) is 2.42. The molecule has 6 nitrogen and oxygen atoms in total. The van der Waals surface area contributed by atoms with Crippen LogP contribution in [0.4, 0.5) is 0 Å². The highest BCUT2D eigenvalue weighted by Gasteiger charge is 2.23. The van der Waals surface area contributed by atoms with E-state index in [4.69, 9.17) is 4.52 Å². The van der Waals surface area contributed by atoms with E-state index in [1.807, 2.05) is 0 Å². The van der Waals surface area contributed by atoms with E-state index in [1.54, 1.807) is 24.3 Å². The summed E-state index contributed by atoms with van der Waals surface area (Å²) in [7, 11) is 1.36. The molecule has 0 radical (unpaired) electrons. The van der Waals surface area contributed by atoms with Crippen molar-refractivity contribution >= 4 is 5.97 Å². The molecule has 0 unspecified atom stereocenters. The molecular weight excluding hydrogens is 258 g/mol. The Hall–Kier alpha value is -2.21. The van der Waals surface area contributed by atoms with Gasteiger partial charge in [0.25, 0.3) is 0 Å². The van der Waals surface area contributed by atoms with Crippen LogP contribution in [0.1, 0.15) is 28.6 Å². The molecule has 104 valence electrons. The number of aromatic nitrogens is 2. The largest absolute Gasteiger partial charge is 0.465 e. The lowest BCUT2D eigenvalue weighted by molar-refractivity contribution is 0.0601. The summed E-state index contributed by atoms with van der Waals surface area (Å²) < 4.78 is 9.97. The molecular formula is C14H15N3O3. The van der Waals surface area contributed by atoms with Gasteiger partial charge in [0, 0.05) is 12.1 Å². The van der Waals surface area contributed by atoms with Crippen LogP contribution in [-0.4, -0.2) is 36.3 Å². The number of hydrogen-bond acceptors (Lipinski definition) is 6. The van der Waals surface area contributed by atoms with Crippen molar-refractivity contribution in [2.24, 2.45) is 0 Å². The van der Waals surface area contributed by atoms with E-state index in [0.717, 1.165) is 25.1 Å². The normalized spacial score (nSPS) is 18.1. The Morgan fingerprint density at radius 2 is 2.20 bits per heavy atom. The van der Waals surface area contributed by atoms with Crippen molar-refractivity contribution in [3.05, 3.63) is 35.7 Å². The predicted molar refractivity (Wildman–Crippen MR) is 71.3 cm³/mol. The van der Waals surface area contributed by atoms with Crippen LogP contribution in [0.5, 0.6) is 0 Å². The zero-order valence-corrected chi connectivity index (χ0v) is 11.1. The number of methoxy groups -OCH3 is 1. The Morgan fingerprint density at radius 1 is 1.40 bits per heavy atom. The van der Waals surface area contributed by atoms with Crippen LogP contribution in [0.3, 0.4) is 0 Å². The highest BCUT2D eigenvalue weighted by atomic mass is 16.5. The molecule has 2 heterocycles. The monoisotopic (exact) mass is 273 g/mol. The number of nitrogens with zero attached hydrogens (tertiary/aromatic N) is 2. The second kappa shape index (κ2) is 5.42. The molecule has 1 aliphatic rings. The number of hydrogen-bond donors (Lipinski definition) is 1. The molecule has 1 fully saturated rings. The molecule has 0 bridgehead atoms. The van der Waals surface area contributed by atoms with E-state index in [2.05, 4.69) is 20.2 Å². The van der Waals surface area contributed by atoms with E-state index in [-0.39, 0.29) is 5.97 Å². The van der Waals surface area contributed by atoms with Gasteiger partial charge in [-0.05, 0) is 25.1 Å². The molecule has 1 aromatic heterocycles. The van der Waals surface area contributed by atoms with E-state index < -0.39 is 0 Å². The fraction of sp³-hybridized carbons (Fsp3) is 0.357. The molecule has 0 amide bonds. The van der Waals surface area contributed by atoms with E-state index in [0.29, 0.717) is 23.2 Å². The Morgan fingerprint density at radius 3 is 2.85 bits per heavy atom. The minimum absolute atomic E-state index is 0.297. The van der Waals surface area contributed by atoms with Gasteiger partial charge in [-0.15, -0.1) is 0 Å². The second-order valence-electron chi connectivity index (χ2n) is 4.71.